The number of benzene rings is 4. The number of halogens is 9. The Kier molecular flexibility index (Phi) is 17.6. The van der Waals surface area contributed by atoms with Crippen LogP contribution in [-0.4, -0.2) is 28.0 Å². The highest BCUT2D eigenvalue weighted by molar-refractivity contribution is 14.1. The predicted octanol–water partition coefficient (Wildman–Crippen LogP) is 12.4. The Morgan fingerprint density at radius 2 is 1.09 bits per heavy atom. The van der Waals surface area contributed by atoms with E-state index >= 15 is 0 Å². The van der Waals surface area contributed by atoms with Gasteiger partial charge in [-0.3, -0.25) is 9.59 Å². The van der Waals surface area contributed by atoms with Crippen molar-refractivity contribution < 1.29 is 35.9 Å². The van der Waals surface area contributed by atoms with E-state index in [1.807, 2.05) is 30.3 Å². The van der Waals surface area contributed by atoms with E-state index in [1.54, 1.807) is 18.2 Å². The lowest BCUT2D eigenvalue weighted by Crippen LogP contribution is -2.16. The summed E-state index contributed by atoms with van der Waals surface area (Å²) in [7, 11) is -2.61. The largest absolute Gasteiger partial charge is 0.417 e. The second kappa shape index (κ2) is 20.4. The van der Waals surface area contributed by atoms with Gasteiger partial charge >= 0.3 is 12.4 Å². The second-order valence-corrected chi connectivity index (χ2v) is 25.7. The van der Waals surface area contributed by atoms with Crippen molar-refractivity contribution in [2.24, 2.45) is 0 Å². The third-order valence-electron chi connectivity index (χ3n) is 6.67. The molecule has 0 saturated heterocycles. The molecule has 0 radical (unpaired) electrons. The van der Waals surface area contributed by atoms with E-state index in [9.17, 15) is 35.9 Å². The molecule has 0 atom stereocenters. The maximum atomic E-state index is 12.9. The smallest absolute Gasteiger partial charge is 0.326 e. The standard InChI is InChI=1S/C20H19ClF3NOSi.C15H10ClF3INO.C5H10Si/c1-27(2,3)10-9-14-5-4-6-15(11-14)12-19(26)25-16-7-8-18(21)17(13-16)20(22,23)24;16-13-5-4-11(8-12(13)15(17,18)19)21-14(22)7-9-2-1-3-10(20)6-9;1-5-6(2,3)4/h4-8,11,13H,12H2,1-3H3,(H,25,26);1-6,8H,7H2,(H,21,22);1H,2-4H3. The first kappa shape index (κ1) is 47.4. The van der Waals surface area contributed by atoms with Crippen LogP contribution in [0.3, 0.4) is 0 Å². The van der Waals surface area contributed by atoms with E-state index in [1.165, 1.54) is 12.1 Å². The number of nitrogens with one attached hydrogen (secondary N) is 2. The zero-order valence-electron chi connectivity index (χ0n) is 30.8. The van der Waals surface area contributed by atoms with Crippen LogP contribution in [0.25, 0.3) is 0 Å². The normalized spacial score (nSPS) is 11.3. The molecule has 0 aliphatic heterocycles. The van der Waals surface area contributed by atoms with Crippen LogP contribution in [0.15, 0.2) is 84.9 Å². The number of carbonyl (C=O) groups is 2. The number of amides is 2. The molecular weight excluding hydrogens is 908 g/mol. The molecule has 4 nitrogen and oxygen atoms in total. The van der Waals surface area contributed by atoms with Gasteiger partial charge < -0.3 is 10.6 Å². The van der Waals surface area contributed by atoms with E-state index in [0.717, 1.165) is 44.5 Å². The minimum absolute atomic E-state index is 0.0342. The number of terminal acetylenes is 1. The third kappa shape index (κ3) is 18.6. The lowest BCUT2D eigenvalue weighted by Gasteiger charge is -2.12. The highest BCUT2D eigenvalue weighted by atomic mass is 127. The summed E-state index contributed by atoms with van der Waals surface area (Å²) in [5, 5.41) is 4.12. The monoisotopic (exact) mass is 946 g/mol. The summed E-state index contributed by atoms with van der Waals surface area (Å²) < 4.78 is 78.0. The number of alkyl halides is 6. The molecule has 0 fully saturated rings. The summed E-state index contributed by atoms with van der Waals surface area (Å²) in [6, 6.07) is 21.2. The summed E-state index contributed by atoms with van der Waals surface area (Å²) in [6.45, 7) is 12.9. The van der Waals surface area contributed by atoms with Gasteiger partial charge in [0.05, 0.1) is 34.0 Å². The van der Waals surface area contributed by atoms with Crippen molar-refractivity contribution in [2.45, 2.75) is 64.5 Å². The van der Waals surface area contributed by atoms with E-state index < -0.39 is 61.5 Å². The summed E-state index contributed by atoms with van der Waals surface area (Å²) in [5.41, 5.74) is 6.49. The maximum Gasteiger partial charge on any atom is 0.417 e. The van der Waals surface area contributed by atoms with Crippen molar-refractivity contribution in [2.75, 3.05) is 10.6 Å². The Hall–Kier alpha value is -3.74. The first-order valence-corrected chi connectivity index (χ1v) is 25.3. The summed E-state index contributed by atoms with van der Waals surface area (Å²) in [5.74, 6) is 2.31. The molecule has 0 spiro atoms. The fraction of sp³-hybridized carbons (Fsp3) is 0.250. The Bertz CT molecular complexity index is 2080. The molecule has 0 aromatic heterocycles. The first-order chi connectivity index (χ1) is 25.3. The van der Waals surface area contributed by atoms with Crippen LogP contribution in [0.4, 0.5) is 37.7 Å². The molecule has 0 unspecified atom stereocenters. The SMILES string of the molecule is C#C[Si](C)(C)C.C[Si](C)(C)C#Cc1cccc(CC(=O)Nc2ccc(Cl)c(C(F)(F)F)c2)c1.O=C(Cc1cccc(I)c1)Nc1ccc(Cl)c(C(F)(F)F)c1. The van der Waals surface area contributed by atoms with Crippen molar-refractivity contribution >= 4 is 85.1 Å². The Labute approximate surface area is 343 Å². The highest BCUT2D eigenvalue weighted by Gasteiger charge is 2.34. The Balaban J connectivity index is 0.000000336. The number of hydrogen-bond acceptors (Lipinski definition) is 2. The van der Waals surface area contributed by atoms with Gasteiger partial charge in [0.25, 0.3) is 0 Å². The van der Waals surface area contributed by atoms with E-state index in [0.29, 0.717) is 0 Å². The molecule has 0 bridgehead atoms. The quantitative estimate of drug-likeness (QED) is 0.0876. The number of hydrogen-bond donors (Lipinski definition) is 2. The van der Waals surface area contributed by atoms with Crippen LogP contribution >= 0.6 is 45.8 Å². The molecule has 0 heterocycles. The average molecular weight is 948 g/mol. The van der Waals surface area contributed by atoms with Crippen molar-refractivity contribution in [3.8, 4) is 23.4 Å². The molecule has 4 rings (SSSR count). The zero-order valence-corrected chi connectivity index (χ0v) is 36.5. The lowest BCUT2D eigenvalue weighted by atomic mass is 10.1. The second-order valence-electron chi connectivity index (χ2n) is 14.1. The lowest BCUT2D eigenvalue weighted by molar-refractivity contribution is -0.138. The molecule has 0 saturated carbocycles. The molecule has 4 aromatic carbocycles. The average Bonchev–Trinajstić information content (AvgIpc) is 3.04. The molecule has 2 amide bonds. The number of carbonyl (C=O) groups excluding carboxylic acids is 2. The van der Waals surface area contributed by atoms with Crippen LogP contribution in [0.1, 0.15) is 27.8 Å². The van der Waals surface area contributed by atoms with Gasteiger partial charge in [-0.2, -0.15) is 26.3 Å². The highest BCUT2D eigenvalue weighted by Crippen LogP contribution is 2.37. The van der Waals surface area contributed by atoms with Gasteiger partial charge in [0.15, 0.2) is 0 Å². The van der Waals surface area contributed by atoms with Gasteiger partial charge in [-0.1, -0.05) is 92.7 Å². The fourth-order valence-electron chi connectivity index (χ4n) is 4.09. The zero-order chi connectivity index (χ0) is 41.8. The maximum absolute atomic E-state index is 12.9. The van der Waals surface area contributed by atoms with Crippen molar-refractivity contribution in [3.63, 3.8) is 0 Å². The number of rotatable bonds is 6. The van der Waals surface area contributed by atoms with Gasteiger partial charge in [0.1, 0.15) is 16.1 Å². The molecule has 292 valence electrons. The van der Waals surface area contributed by atoms with Gasteiger partial charge in [-0.15, -0.1) is 17.5 Å². The third-order valence-corrected chi connectivity index (χ3v) is 9.74. The topological polar surface area (TPSA) is 58.2 Å². The summed E-state index contributed by atoms with van der Waals surface area (Å²) in [6.07, 6.45) is -3.91. The summed E-state index contributed by atoms with van der Waals surface area (Å²) >= 11 is 13.2. The van der Waals surface area contributed by atoms with Crippen LogP contribution in [0.2, 0.25) is 49.3 Å². The molecule has 0 aliphatic carbocycles. The Morgan fingerprint density at radius 3 is 1.47 bits per heavy atom. The molecule has 2 N–H and O–H groups in total. The van der Waals surface area contributed by atoms with E-state index in [4.69, 9.17) is 29.6 Å². The van der Waals surface area contributed by atoms with Crippen molar-refractivity contribution in [1.82, 2.24) is 0 Å². The molecule has 55 heavy (non-hydrogen) atoms. The van der Waals surface area contributed by atoms with Gasteiger partial charge in [0, 0.05) is 20.5 Å². The van der Waals surface area contributed by atoms with Gasteiger partial charge in [-0.25, -0.2) is 0 Å². The van der Waals surface area contributed by atoms with Gasteiger partial charge in [-0.05, 0) is 94.4 Å². The summed E-state index contributed by atoms with van der Waals surface area (Å²) in [4.78, 5) is 24.1. The molecule has 0 aliphatic rings. The molecule has 15 heteroatoms. The van der Waals surface area contributed by atoms with Crippen LogP contribution in [-0.2, 0) is 34.8 Å². The van der Waals surface area contributed by atoms with Crippen LogP contribution in [0.5, 0.6) is 0 Å². The molecular formula is C40H39Cl2F6IN2O2Si2. The van der Waals surface area contributed by atoms with Crippen molar-refractivity contribution in [1.29, 1.82) is 0 Å². The first-order valence-electron chi connectivity index (χ1n) is 16.4. The van der Waals surface area contributed by atoms with E-state index in [-0.39, 0.29) is 24.2 Å². The van der Waals surface area contributed by atoms with Crippen LogP contribution in [0, 0.1) is 27.0 Å². The van der Waals surface area contributed by atoms with Gasteiger partial charge in [0.2, 0.25) is 11.8 Å². The Morgan fingerprint density at radius 1 is 0.673 bits per heavy atom. The predicted molar refractivity (Wildman–Crippen MR) is 226 cm³/mol. The minimum Gasteiger partial charge on any atom is -0.326 e. The minimum atomic E-state index is -4.58. The molecule has 4 aromatic rings. The van der Waals surface area contributed by atoms with Crippen LogP contribution < -0.4 is 10.6 Å². The van der Waals surface area contributed by atoms with Crippen molar-refractivity contribution in [3.05, 3.63) is 126 Å². The van der Waals surface area contributed by atoms with E-state index in [2.05, 4.69) is 89.5 Å². The number of anilines is 2. The fourth-order valence-corrected chi connectivity index (χ4v) is 5.66.